The number of amides is 1. The lowest BCUT2D eigenvalue weighted by Gasteiger charge is -2.32. The highest BCUT2D eigenvalue weighted by atomic mass is 16.6. The predicted molar refractivity (Wildman–Crippen MR) is 80.6 cm³/mol. The molecular weight excluding hydrogens is 298 g/mol. The van der Waals surface area contributed by atoms with Crippen molar-refractivity contribution in [3.63, 3.8) is 0 Å². The Kier molecular flexibility index (Phi) is 3.39. The minimum atomic E-state index is -0.768. The summed E-state index contributed by atoms with van der Waals surface area (Å²) < 4.78 is 11.1. The molecule has 6 heteroatoms. The highest BCUT2D eigenvalue weighted by molar-refractivity contribution is 5.83. The first-order chi connectivity index (χ1) is 11.1. The minimum Gasteiger partial charge on any atom is -0.486 e. The normalized spacial score (nSPS) is 31.0. The minimum absolute atomic E-state index is 0.0126. The van der Waals surface area contributed by atoms with Crippen LogP contribution >= 0.6 is 0 Å². The summed E-state index contributed by atoms with van der Waals surface area (Å²) in [5.74, 6) is 0.699. The second-order valence-electron chi connectivity index (χ2n) is 6.56. The van der Waals surface area contributed by atoms with Gasteiger partial charge >= 0.3 is 5.97 Å². The van der Waals surface area contributed by atoms with E-state index >= 15 is 0 Å². The number of ether oxygens (including phenoxy) is 2. The maximum Gasteiger partial charge on any atom is 0.306 e. The predicted octanol–water partition coefficient (Wildman–Crippen LogP) is 1.54. The number of fused-ring (bicyclic) bond motifs is 1. The summed E-state index contributed by atoms with van der Waals surface area (Å²) in [5, 5.41) is 11.8. The molecule has 1 aromatic rings. The number of nitrogens with one attached hydrogen (secondary N) is 1. The molecule has 4 rings (SSSR count). The van der Waals surface area contributed by atoms with Crippen LogP contribution in [0.25, 0.3) is 0 Å². The Bertz CT molecular complexity index is 652. The van der Waals surface area contributed by atoms with Gasteiger partial charge in [0, 0.05) is 12.0 Å². The molecule has 0 aromatic heterocycles. The summed E-state index contributed by atoms with van der Waals surface area (Å²) in [6, 6.07) is 5.89. The third-order valence-corrected chi connectivity index (χ3v) is 4.96. The van der Waals surface area contributed by atoms with Gasteiger partial charge in [-0.3, -0.25) is 9.59 Å². The van der Waals surface area contributed by atoms with Crippen LogP contribution in [-0.4, -0.2) is 36.2 Å². The van der Waals surface area contributed by atoms with E-state index in [0.717, 1.165) is 23.5 Å². The lowest BCUT2D eigenvalue weighted by molar-refractivity contribution is -0.146. The average Bonchev–Trinajstić information content (AvgIpc) is 3.30. The molecule has 6 nitrogen and oxygen atoms in total. The van der Waals surface area contributed by atoms with Gasteiger partial charge in [-0.2, -0.15) is 0 Å². The second kappa shape index (κ2) is 5.44. The fourth-order valence-electron chi connectivity index (χ4n) is 3.39. The van der Waals surface area contributed by atoms with Gasteiger partial charge in [-0.15, -0.1) is 0 Å². The molecule has 23 heavy (non-hydrogen) atoms. The SMILES string of the molecule is O=C(O)C1CC(NC(=O)C2CC2c2ccc3c(c2)OCCO3)C1. The van der Waals surface area contributed by atoms with E-state index in [-0.39, 0.29) is 29.7 Å². The fraction of sp³-hybridized carbons (Fsp3) is 0.529. The summed E-state index contributed by atoms with van der Waals surface area (Å²) in [4.78, 5) is 23.0. The quantitative estimate of drug-likeness (QED) is 0.880. The standard InChI is InChI=1S/C17H19NO5/c19-16(18-11-5-10(6-11)17(20)21)13-8-12(13)9-1-2-14-15(7-9)23-4-3-22-14/h1-2,7,10-13H,3-6,8H2,(H,18,19)(H,20,21). The first-order valence-electron chi connectivity index (χ1n) is 8.04. The van der Waals surface area contributed by atoms with Gasteiger partial charge in [0.15, 0.2) is 11.5 Å². The smallest absolute Gasteiger partial charge is 0.306 e. The topological polar surface area (TPSA) is 84.9 Å². The first-order valence-corrected chi connectivity index (χ1v) is 8.04. The van der Waals surface area contributed by atoms with Crippen LogP contribution in [0, 0.1) is 11.8 Å². The maximum atomic E-state index is 12.2. The lowest BCUT2D eigenvalue weighted by atomic mass is 9.80. The molecular formula is C17H19NO5. The Balaban J connectivity index is 1.33. The van der Waals surface area contributed by atoms with Crippen molar-refractivity contribution in [1.82, 2.24) is 5.32 Å². The second-order valence-corrected chi connectivity index (χ2v) is 6.56. The van der Waals surface area contributed by atoms with E-state index in [4.69, 9.17) is 14.6 Å². The molecule has 2 saturated carbocycles. The van der Waals surface area contributed by atoms with E-state index < -0.39 is 5.97 Å². The van der Waals surface area contributed by atoms with Crippen molar-refractivity contribution in [3.8, 4) is 11.5 Å². The number of aliphatic carboxylic acids is 1. The number of carbonyl (C=O) groups excluding carboxylic acids is 1. The molecule has 3 aliphatic rings. The van der Waals surface area contributed by atoms with Gasteiger partial charge in [0.2, 0.25) is 5.91 Å². The molecule has 2 unspecified atom stereocenters. The van der Waals surface area contributed by atoms with Crippen LogP contribution in [0.3, 0.4) is 0 Å². The Morgan fingerprint density at radius 2 is 1.83 bits per heavy atom. The van der Waals surface area contributed by atoms with Crippen LogP contribution < -0.4 is 14.8 Å². The molecule has 0 radical (unpaired) electrons. The summed E-state index contributed by atoms with van der Waals surface area (Å²) in [6.45, 7) is 1.12. The number of benzene rings is 1. The molecule has 2 fully saturated rings. The van der Waals surface area contributed by atoms with E-state index in [1.165, 1.54) is 0 Å². The van der Waals surface area contributed by atoms with Crippen molar-refractivity contribution in [3.05, 3.63) is 23.8 Å². The summed E-state index contributed by atoms with van der Waals surface area (Å²) in [5.41, 5.74) is 1.10. The van der Waals surface area contributed by atoms with E-state index in [1.807, 2.05) is 18.2 Å². The highest BCUT2D eigenvalue weighted by Gasteiger charge is 2.46. The van der Waals surface area contributed by atoms with Crippen molar-refractivity contribution in [2.45, 2.75) is 31.2 Å². The average molecular weight is 317 g/mol. The lowest BCUT2D eigenvalue weighted by Crippen LogP contribution is -2.47. The molecule has 1 aliphatic heterocycles. The van der Waals surface area contributed by atoms with Gasteiger partial charge in [0.25, 0.3) is 0 Å². The highest BCUT2D eigenvalue weighted by Crippen LogP contribution is 2.49. The molecule has 0 spiro atoms. The molecule has 1 amide bonds. The fourth-order valence-corrected chi connectivity index (χ4v) is 3.39. The molecule has 0 bridgehead atoms. The van der Waals surface area contributed by atoms with Gasteiger partial charge in [-0.05, 0) is 42.9 Å². The molecule has 0 saturated heterocycles. The van der Waals surface area contributed by atoms with Crippen molar-refractivity contribution in [1.29, 1.82) is 0 Å². The monoisotopic (exact) mass is 317 g/mol. The van der Waals surface area contributed by atoms with Crippen LogP contribution in [0.2, 0.25) is 0 Å². The molecule has 2 atom stereocenters. The van der Waals surface area contributed by atoms with E-state index in [0.29, 0.717) is 26.1 Å². The van der Waals surface area contributed by atoms with Gasteiger partial charge in [-0.1, -0.05) is 6.07 Å². The molecule has 1 aromatic carbocycles. The number of hydrogen-bond donors (Lipinski definition) is 2. The number of carboxylic acids is 1. The Labute approximate surface area is 133 Å². The van der Waals surface area contributed by atoms with Crippen LogP contribution in [0.1, 0.15) is 30.7 Å². The Hall–Kier alpha value is -2.24. The summed E-state index contributed by atoms with van der Waals surface area (Å²) in [7, 11) is 0. The van der Waals surface area contributed by atoms with Crippen molar-refractivity contribution < 1.29 is 24.2 Å². The number of hydrogen-bond acceptors (Lipinski definition) is 4. The molecule has 122 valence electrons. The zero-order chi connectivity index (χ0) is 16.0. The molecule has 2 aliphatic carbocycles. The third kappa shape index (κ3) is 2.73. The summed E-state index contributed by atoms with van der Waals surface area (Å²) >= 11 is 0. The Morgan fingerprint density at radius 1 is 1.09 bits per heavy atom. The van der Waals surface area contributed by atoms with Gasteiger partial charge in [-0.25, -0.2) is 0 Å². The molecule has 2 N–H and O–H groups in total. The van der Waals surface area contributed by atoms with E-state index in [2.05, 4.69) is 5.32 Å². The van der Waals surface area contributed by atoms with Crippen molar-refractivity contribution in [2.75, 3.05) is 13.2 Å². The van der Waals surface area contributed by atoms with Crippen LogP contribution in [0.15, 0.2) is 18.2 Å². The molecule has 1 heterocycles. The number of rotatable bonds is 4. The maximum absolute atomic E-state index is 12.2. The van der Waals surface area contributed by atoms with E-state index in [1.54, 1.807) is 0 Å². The van der Waals surface area contributed by atoms with Crippen LogP contribution in [-0.2, 0) is 9.59 Å². The largest absolute Gasteiger partial charge is 0.486 e. The van der Waals surface area contributed by atoms with E-state index in [9.17, 15) is 9.59 Å². The zero-order valence-corrected chi connectivity index (χ0v) is 12.7. The van der Waals surface area contributed by atoms with Crippen molar-refractivity contribution >= 4 is 11.9 Å². The number of carbonyl (C=O) groups is 2. The number of carboxylic acid groups (broad SMARTS) is 1. The van der Waals surface area contributed by atoms with Crippen LogP contribution in [0.5, 0.6) is 11.5 Å². The summed E-state index contributed by atoms with van der Waals surface area (Å²) in [6.07, 6.45) is 1.92. The van der Waals surface area contributed by atoms with Crippen molar-refractivity contribution in [2.24, 2.45) is 11.8 Å². The Morgan fingerprint density at radius 3 is 2.57 bits per heavy atom. The van der Waals surface area contributed by atoms with Gasteiger partial charge in [0.1, 0.15) is 13.2 Å². The third-order valence-electron chi connectivity index (χ3n) is 4.96. The zero-order valence-electron chi connectivity index (χ0n) is 12.7. The van der Waals surface area contributed by atoms with Gasteiger partial charge < -0.3 is 19.9 Å². The van der Waals surface area contributed by atoms with Gasteiger partial charge in [0.05, 0.1) is 5.92 Å². The van der Waals surface area contributed by atoms with Crippen LogP contribution in [0.4, 0.5) is 0 Å². The first kappa shape index (κ1) is 14.4.